The molecule has 36 heavy (non-hydrogen) atoms. The fourth-order valence-electron chi connectivity index (χ4n) is 5.99. The third-order valence-electron chi connectivity index (χ3n) is 8.59. The quantitative estimate of drug-likeness (QED) is 0.180. The summed E-state index contributed by atoms with van der Waals surface area (Å²) < 4.78 is 4.63. The normalized spacial score (nSPS) is 17.5. The van der Waals surface area contributed by atoms with E-state index in [0.29, 0.717) is 11.8 Å². The zero-order valence-electron chi connectivity index (χ0n) is 23.0. The van der Waals surface area contributed by atoms with Gasteiger partial charge in [0.2, 0.25) is 0 Å². The van der Waals surface area contributed by atoms with E-state index < -0.39 is 0 Å². The van der Waals surface area contributed by atoms with Gasteiger partial charge in [-0.15, -0.1) is 0 Å². The number of para-hydroxylation sites is 1. The third-order valence-corrected chi connectivity index (χ3v) is 9.69. The second-order valence-electron chi connectivity index (χ2n) is 12.8. The van der Waals surface area contributed by atoms with Crippen LogP contribution in [0.5, 0.6) is 0 Å². The van der Waals surface area contributed by atoms with Crippen molar-refractivity contribution in [3.05, 3.63) is 77.1 Å². The number of imidazole rings is 1. The highest BCUT2D eigenvalue weighted by atomic mass is 32.2. The molecule has 1 aliphatic carbocycles. The Hall–Kier alpha value is -2.52. The first-order valence-electron chi connectivity index (χ1n) is 13.5. The Balaban J connectivity index is 1.62. The van der Waals surface area contributed by atoms with Crippen LogP contribution in [0.1, 0.15) is 102 Å². The Labute approximate surface area is 220 Å². The number of hydrogen-bond acceptors (Lipinski definition) is 1. The summed E-state index contributed by atoms with van der Waals surface area (Å²) in [4.78, 5) is 2.66. The Kier molecular flexibility index (Phi) is 5.29. The maximum Gasteiger partial charge on any atom is 0.269 e. The minimum absolute atomic E-state index is 0.182. The van der Waals surface area contributed by atoms with E-state index in [9.17, 15) is 0 Å². The molecule has 6 rings (SSSR count). The molecule has 2 heterocycles. The standard InChI is InChI=1S/C33H38N2S/c1-20(2)22-14-23(21(3)4)16-24(15-22)34-19-35-28-17-25-26(33(7,8)13-12-32(25,5)6)18-30(28)36-29-11-9-10-27(34)31(29)35/h9-11,14-18,20-21H,12-13H2,1-8H3. The highest BCUT2D eigenvalue weighted by molar-refractivity contribution is 7.99. The molecule has 0 unspecified atom stereocenters. The van der Waals surface area contributed by atoms with E-state index in [1.807, 2.05) is 11.8 Å². The molecule has 0 radical (unpaired) electrons. The number of benzene rings is 3. The van der Waals surface area contributed by atoms with Crippen LogP contribution in [0.25, 0.3) is 22.4 Å². The summed E-state index contributed by atoms with van der Waals surface area (Å²) in [5, 5.41) is 0. The largest absolute Gasteiger partial charge is 0.292 e. The van der Waals surface area contributed by atoms with Gasteiger partial charge >= 0.3 is 0 Å². The second-order valence-corrected chi connectivity index (χ2v) is 13.9. The molecule has 1 aromatic heterocycles. The Morgan fingerprint density at radius 1 is 0.806 bits per heavy atom. The van der Waals surface area contributed by atoms with Crippen LogP contribution >= 0.6 is 11.8 Å². The molecule has 3 heteroatoms. The van der Waals surface area contributed by atoms with Gasteiger partial charge < -0.3 is 0 Å². The second kappa shape index (κ2) is 7.99. The van der Waals surface area contributed by atoms with Crippen LogP contribution in [0.3, 0.4) is 0 Å². The van der Waals surface area contributed by atoms with E-state index in [4.69, 9.17) is 0 Å². The molecule has 0 saturated heterocycles. The van der Waals surface area contributed by atoms with Gasteiger partial charge in [0.05, 0.1) is 22.4 Å². The molecule has 186 valence electrons. The number of nitrogens with zero attached hydrogens (tertiary/aromatic N) is 2. The van der Waals surface area contributed by atoms with Crippen LogP contribution in [-0.2, 0) is 10.8 Å². The molecule has 1 aliphatic heterocycles. The van der Waals surface area contributed by atoms with Crippen LogP contribution in [0.15, 0.2) is 58.3 Å². The molecule has 0 spiro atoms. The summed E-state index contributed by atoms with van der Waals surface area (Å²) in [7, 11) is 0. The molecule has 0 N–H and O–H groups in total. The van der Waals surface area contributed by atoms with Gasteiger partial charge in [-0.2, -0.15) is 0 Å². The molecule has 0 fully saturated rings. The molecular weight excluding hydrogens is 456 g/mol. The smallest absolute Gasteiger partial charge is 0.269 e. The zero-order valence-corrected chi connectivity index (χ0v) is 23.8. The zero-order chi connectivity index (χ0) is 25.6. The fourth-order valence-corrected chi connectivity index (χ4v) is 7.09. The lowest BCUT2D eigenvalue weighted by Crippen LogP contribution is -2.37. The molecule has 2 aliphatic rings. The number of aromatic nitrogens is 2. The molecule has 2 nitrogen and oxygen atoms in total. The highest BCUT2D eigenvalue weighted by Gasteiger charge is 2.38. The van der Waals surface area contributed by atoms with Crippen molar-refractivity contribution in [2.45, 2.75) is 101 Å². The van der Waals surface area contributed by atoms with Crippen LogP contribution in [0.4, 0.5) is 0 Å². The number of rotatable bonds is 3. The van der Waals surface area contributed by atoms with Gasteiger partial charge in [-0.3, -0.25) is 9.13 Å². The summed E-state index contributed by atoms with van der Waals surface area (Å²) in [6.45, 7) is 18.8. The summed E-state index contributed by atoms with van der Waals surface area (Å²) in [6.07, 6.45) is 6.27. The predicted molar refractivity (Wildman–Crippen MR) is 151 cm³/mol. The van der Waals surface area contributed by atoms with Crippen molar-refractivity contribution in [3.8, 4) is 11.4 Å². The minimum Gasteiger partial charge on any atom is -0.292 e. The van der Waals surface area contributed by atoms with E-state index in [2.05, 4.69) is 119 Å². The molecule has 0 bridgehead atoms. The average molecular weight is 495 g/mol. The van der Waals surface area contributed by atoms with Crippen molar-refractivity contribution < 1.29 is 4.57 Å². The monoisotopic (exact) mass is 494 g/mol. The van der Waals surface area contributed by atoms with Gasteiger partial charge in [0, 0.05) is 9.79 Å². The fraction of sp³-hybridized carbons (Fsp3) is 0.424. The first-order valence-corrected chi connectivity index (χ1v) is 14.3. The van der Waals surface area contributed by atoms with Gasteiger partial charge in [0.1, 0.15) is 0 Å². The van der Waals surface area contributed by atoms with Gasteiger partial charge in [0.15, 0.2) is 0 Å². The van der Waals surface area contributed by atoms with Crippen LogP contribution < -0.4 is 4.57 Å². The van der Waals surface area contributed by atoms with E-state index in [-0.39, 0.29) is 10.8 Å². The van der Waals surface area contributed by atoms with Crippen LogP contribution in [-0.4, -0.2) is 4.57 Å². The third kappa shape index (κ3) is 3.57. The van der Waals surface area contributed by atoms with Crippen molar-refractivity contribution in [1.82, 2.24) is 4.57 Å². The lowest BCUT2D eigenvalue weighted by molar-refractivity contribution is -0.577. The van der Waals surface area contributed by atoms with E-state index >= 15 is 0 Å². The van der Waals surface area contributed by atoms with Crippen molar-refractivity contribution in [2.24, 2.45) is 0 Å². The summed E-state index contributed by atoms with van der Waals surface area (Å²) in [5.74, 6) is 0.965. The van der Waals surface area contributed by atoms with Gasteiger partial charge in [-0.25, -0.2) is 0 Å². The van der Waals surface area contributed by atoms with Crippen LogP contribution in [0.2, 0.25) is 0 Å². The van der Waals surface area contributed by atoms with Gasteiger partial charge in [-0.1, -0.05) is 91.4 Å². The Bertz CT molecular complexity index is 1490. The molecule has 4 aromatic rings. The first-order chi connectivity index (χ1) is 17.0. The van der Waals surface area contributed by atoms with Gasteiger partial charge in [0.25, 0.3) is 6.33 Å². The van der Waals surface area contributed by atoms with Gasteiger partial charge in [-0.05, 0) is 82.0 Å². The predicted octanol–water partition coefficient (Wildman–Crippen LogP) is 8.77. The molecule has 0 saturated carbocycles. The Morgan fingerprint density at radius 3 is 2.03 bits per heavy atom. The number of hydrogen-bond donors (Lipinski definition) is 0. The maximum atomic E-state index is 3.81. The van der Waals surface area contributed by atoms with Crippen LogP contribution in [0, 0.1) is 6.33 Å². The topological polar surface area (TPSA) is 8.81 Å². The molecule has 0 atom stereocenters. The number of fused-ring (bicyclic) bond motifs is 3. The van der Waals surface area contributed by atoms with E-state index in [1.165, 1.54) is 67.3 Å². The molecule has 0 amide bonds. The minimum atomic E-state index is 0.182. The summed E-state index contributed by atoms with van der Waals surface area (Å²) >= 11 is 1.92. The lowest BCUT2D eigenvalue weighted by atomic mass is 9.63. The van der Waals surface area contributed by atoms with E-state index in [0.717, 1.165) is 0 Å². The Morgan fingerprint density at radius 2 is 1.42 bits per heavy atom. The summed E-state index contributed by atoms with van der Waals surface area (Å²) in [5.41, 5.74) is 11.2. The lowest BCUT2D eigenvalue weighted by Gasteiger charge is -2.42. The van der Waals surface area contributed by atoms with Crippen molar-refractivity contribution in [2.75, 3.05) is 0 Å². The van der Waals surface area contributed by atoms with Crippen molar-refractivity contribution in [1.29, 1.82) is 0 Å². The molecule has 3 aromatic carbocycles. The van der Waals surface area contributed by atoms with Crippen molar-refractivity contribution in [3.63, 3.8) is 0 Å². The first kappa shape index (κ1) is 23.9. The van der Waals surface area contributed by atoms with E-state index in [1.54, 1.807) is 0 Å². The SMILES string of the molecule is CC(C)c1cc(C(C)C)cc(-n2[c-][n+]3c4c(cccc42)Sc2cc4c(cc2-3)C(C)(C)CCC4(C)C)c1. The summed E-state index contributed by atoms with van der Waals surface area (Å²) in [6, 6.07) is 18.8. The van der Waals surface area contributed by atoms with Crippen molar-refractivity contribution >= 4 is 22.8 Å². The highest BCUT2D eigenvalue weighted by Crippen LogP contribution is 2.50. The maximum absolute atomic E-state index is 3.81. The molecular formula is C33H38N2S. The average Bonchev–Trinajstić information content (AvgIpc) is 3.22.